The molecule has 0 amide bonds. The molecule has 1 atom stereocenters. The summed E-state index contributed by atoms with van der Waals surface area (Å²) in [6.07, 6.45) is 1.31. The van der Waals surface area contributed by atoms with E-state index in [1.807, 2.05) is 24.3 Å². The minimum absolute atomic E-state index is 0.125. The molecular formula is C22H23FN4O2. The maximum atomic E-state index is 14.3. The average Bonchev–Trinajstić information content (AvgIpc) is 3.34. The first-order chi connectivity index (χ1) is 14.1. The molecule has 1 fully saturated rings. The molecule has 3 heterocycles. The molecule has 2 aliphatic heterocycles. The normalized spacial score (nSPS) is 18.6. The molecule has 6 nitrogen and oxygen atoms in total. The van der Waals surface area contributed by atoms with Crippen molar-refractivity contribution in [1.82, 2.24) is 10.1 Å². The van der Waals surface area contributed by atoms with Crippen molar-refractivity contribution in [3.05, 3.63) is 54.0 Å². The van der Waals surface area contributed by atoms with Gasteiger partial charge in [0, 0.05) is 19.0 Å². The highest BCUT2D eigenvalue weighted by molar-refractivity contribution is 5.88. The van der Waals surface area contributed by atoms with Crippen molar-refractivity contribution in [2.45, 2.75) is 31.8 Å². The predicted octanol–water partition coefficient (Wildman–Crippen LogP) is 3.95. The summed E-state index contributed by atoms with van der Waals surface area (Å²) >= 11 is 0. The molecule has 0 spiro atoms. The first-order valence-corrected chi connectivity index (χ1v) is 10.0. The van der Waals surface area contributed by atoms with Gasteiger partial charge >= 0.3 is 0 Å². The van der Waals surface area contributed by atoms with Crippen molar-refractivity contribution in [3.8, 4) is 0 Å². The van der Waals surface area contributed by atoms with Gasteiger partial charge in [-0.3, -0.25) is 9.69 Å². The van der Waals surface area contributed by atoms with Crippen LogP contribution in [0.25, 0.3) is 11.0 Å². The van der Waals surface area contributed by atoms with Crippen molar-refractivity contribution in [3.63, 3.8) is 0 Å². The highest BCUT2D eigenvalue weighted by Crippen LogP contribution is 2.37. The quantitative estimate of drug-likeness (QED) is 0.723. The summed E-state index contributed by atoms with van der Waals surface area (Å²) in [5, 5.41) is 8.03. The van der Waals surface area contributed by atoms with E-state index >= 15 is 0 Å². The molecule has 2 aromatic carbocycles. The lowest BCUT2D eigenvalue weighted by molar-refractivity contribution is -0.122. The van der Waals surface area contributed by atoms with Crippen LogP contribution < -0.4 is 10.2 Å². The highest BCUT2D eigenvalue weighted by Gasteiger charge is 2.36. The third kappa shape index (κ3) is 3.06. The lowest BCUT2D eigenvalue weighted by atomic mass is 9.91. The van der Waals surface area contributed by atoms with Crippen LogP contribution in [0.5, 0.6) is 0 Å². The van der Waals surface area contributed by atoms with Crippen molar-refractivity contribution in [2.24, 2.45) is 0 Å². The number of Topliss-reactive ketones (excluding diaryl/α,β-unsaturated/α-hetero) is 1. The Hall–Kier alpha value is -2.93. The van der Waals surface area contributed by atoms with Gasteiger partial charge in [-0.1, -0.05) is 23.4 Å². The highest BCUT2D eigenvalue weighted by atomic mass is 19.1. The van der Waals surface area contributed by atoms with E-state index in [0.29, 0.717) is 23.3 Å². The Morgan fingerprint density at radius 2 is 2.00 bits per heavy atom. The minimum Gasteiger partial charge on any atom is -0.366 e. The molecule has 0 aliphatic carbocycles. The number of halogens is 1. The van der Waals surface area contributed by atoms with Gasteiger partial charge in [0.1, 0.15) is 12.0 Å². The molecule has 2 aliphatic rings. The maximum Gasteiger partial charge on any atom is 0.170 e. The van der Waals surface area contributed by atoms with Gasteiger partial charge < -0.3 is 14.7 Å². The number of likely N-dealkylation sites (tertiary alicyclic amines) is 1. The van der Waals surface area contributed by atoms with Gasteiger partial charge in [0.05, 0.1) is 29.1 Å². The largest absolute Gasteiger partial charge is 0.366 e. The van der Waals surface area contributed by atoms with Gasteiger partial charge in [0.25, 0.3) is 0 Å². The number of rotatable bonds is 4. The van der Waals surface area contributed by atoms with E-state index in [1.54, 1.807) is 19.1 Å². The molecule has 1 N–H and O–H groups in total. The first-order valence-electron chi connectivity index (χ1n) is 10.0. The fourth-order valence-corrected chi connectivity index (χ4v) is 4.69. The lowest BCUT2D eigenvalue weighted by Crippen LogP contribution is -2.54. The Morgan fingerprint density at radius 3 is 2.79 bits per heavy atom. The number of para-hydroxylation sites is 2. The van der Waals surface area contributed by atoms with Crippen LogP contribution in [-0.2, 0) is 4.79 Å². The van der Waals surface area contributed by atoms with Crippen molar-refractivity contribution >= 4 is 28.1 Å². The summed E-state index contributed by atoms with van der Waals surface area (Å²) in [5.74, 6) is -0.0385. The molecule has 1 aromatic heterocycles. The van der Waals surface area contributed by atoms with E-state index in [4.69, 9.17) is 4.52 Å². The summed E-state index contributed by atoms with van der Waals surface area (Å²) in [5.41, 5.74) is 3.30. The zero-order valence-electron chi connectivity index (χ0n) is 16.3. The van der Waals surface area contributed by atoms with Gasteiger partial charge in [0.2, 0.25) is 0 Å². The summed E-state index contributed by atoms with van der Waals surface area (Å²) in [6.45, 7) is 3.76. The Bertz CT molecular complexity index is 1060. The topological polar surface area (TPSA) is 61.6 Å². The van der Waals surface area contributed by atoms with Crippen molar-refractivity contribution in [1.29, 1.82) is 0 Å². The maximum absolute atomic E-state index is 14.3. The van der Waals surface area contributed by atoms with Gasteiger partial charge in [-0.05, 0) is 44.0 Å². The molecule has 3 aromatic rings. The smallest absolute Gasteiger partial charge is 0.170 e. The number of hydrogen-bond acceptors (Lipinski definition) is 6. The third-order valence-corrected chi connectivity index (χ3v) is 6.05. The van der Waals surface area contributed by atoms with Crippen LogP contribution in [0.3, 0.4) is 0 Å². The SMILES string of the molecule is CC(=O)C(N1CCC(c2noc3cccc(F)c23)CC1)N1CNc2ccccc21. The summed E-state index contributed by atoms with van der Waals surface area (Å²) in [4.78, 5) is 16.9. The van der Waals surface area contributed by atoms with E-state index in [0.717, 1.165) is 37.3 Å². The van der Waals surface area contributed by atoms with Crippen LogP contribution in [-0.4, -0.2) is 41.8 Å². The van der Waals surface area contributed by atoms with Gasteiger partial charge in [-0.2, -0.15) is 0 Å². The Kier molecular flexibility index (Phi) is 4.47. The van der Waals surface area contributed by atoms with Crippen LogP contribution in [0.4, 0.5) is 15.8 Å². The number of fused-ring (bicyclic) bond motifs is 2. The minimum atomic E-state index is -0.308. The Morgan fingerprint density at radius 1 is 1.21 bits per heavy atom. The van der Waals surface area contributed by atoms with Crippen LogP contribution in [0, 0.1) is 5.82 Å². The van der Waals surface area contributed by atoms with Crippen molar-refractivity contribution < 1.29 is 13.7 Å². The van der Waals surface area contributed by atoms with Crippen LogP contribution in [0.1, 0.15) is 31.4 Å². The second kappa shape index (κ2) is 7.15. The van der Waals surface area contributed by atoms with Crippen molar-refractivity contribution in [2.75, 3.05) is 30.0 Å². The molecular weight excluding hydrogens is 371 g/mol. The summed E-state index contributed by atoms with van der Waals surface area (Å²) < 4.78 is 19.7. The number of nitrogens with zero attached hydrogens (tertiary/aromatic N) is 3. The third-order valence-electron chi connectivity index (χ3n) is 6.05. The van der Waals surface area contributed by atoms with Gasteiger partial charge in [0.15, 0.2) is 11.4 Å². The van der Waals surface area contributed by atoms with Crippen LogP contribution in [0.2, 0.25) is 0 Å². The molecule has 1 saturated heterocycles. The van der Waals surface area contributed by atoms with Crippen LogP contribution >= 0.6 is 0 Å². The zero-order valence-corrected chi connectivity index (χ0v) is 16.3. The molecule has 5 rings (SSSR count). The van der Waals surface area contributed by atoms with Gasteiger partial charge in [-0.15, -0.1) is 0 Å². The Balaban J connectivity index is 1.36. The number of ketones is 1. The summed E-state index contributed by atoms with van der Waals surface area (Å²) in [7, 11) is 0. The monoisotopic (exact) mass is 394 g/mol. The van der Waals surface area contributed by atoms with Crippen LogP contribution in [0.15, 0.2) is 47.0 Å². The van der Waals surface area contributed by atoms with E-state index in [1.165, 1.54) is 6.07 Å². The first kappa shape index (κ1) is 18.1. The molecule has 0 radical (unpaired) electrons. The molecule has 0 bridgehead atoms. The number of nitrogens with one attached hydrogen (secondary N) is 1. The zero-order chi connectivity index (χ0) is 20.0. The Labute approximate surface area is 168 Å². The standard InChI is InChI=1S/C22H23FN4O2/c1-14(28)22(27-13-24-17-6-2-3-7-18(17)27)26-11-9-15(10-12-26)21-20-16(23)5-4-8-19(20)29-25-21/h2-8,15,22,24H,9-13H2,1H3. The summed E-state index contributed by atoms with van der Waals surface area (Å²) in [6, 6.07) is 12.9. The number of anilines is 2. The molecule has 0 saturated carbocycles. The second-order valence-corrected chi connectivity index (χ2v) is 7.80. The van der Waals surface area contributed by atoms with E-state index in [2.05, 4.69) is 20.3 Å². The number of piperidine rings is 1. The lowest BCUT2D eigenvalue weighted by Gasteiger charge is -2.40. The van der Waals surface area contributed by atoms with E-state index in [-0.39, 0.29) is 23.7 Å². The predicted molar refractivity (Wildman–Crippen MR) is 109 cm³/mol. The fourth-order valence-electron chi connectivity index (χ4n) is 4.69. The van der Waals surface area contributed by atoms with E-state index < -0.39 is 0 Å². The molecule has 29 heavy (non-hydrogen) atoms. The molecule has 150 valence electrons. The van der Waals surface area contributed by atoms with E-state index in [9.17, 15) is 9.18 Å². The second-order valence-electron chi connectivity index (χ2n) is 7.80. The number of carbonyl (C=O) groups is 1. The molecule has 1 unspecified atom stereocenters. The number of hydrogen-bond donors (Lipinski definition) is 1. The fraction of sp³-hybridized carbons (Fsp3) is 0.364. The van der Waals surface area contributed by atoms with Gasteiger partial charge in [-0.25, -0.2) is 4.39 Å². The number of aromatic nitrogens is 1. The number of benzene rings is 2. The average molecular weight is 394 g/mol. The number of carbonyl (C=O) groups excluding carboxylic acids is 1. The molecule has 7 heteroatoms.